The first-order valence-electron chi connectivity index (χ1n) is 8.67. The van der Waals surface area contributed by atoms with Crippen molar-refractivity contribution in [3.63, 3.8) is 0 Å². The average molecular weight is 347 g/mol. The van der Waals surface area contributed by atoms with Gasteiger partial charge in [0, 0.05) is 44.2 Å². The summed E-state index contributed by atoms with van der Waals surface area (Å²) in [6.45, 7) is 4.23. The molecule has 0 radical (unpaired) electrons. The molecule has 0 bridgehead atoms. The highest BCUT2D eigenvalue weighted by Crippen LogP contribution is 2.22. The normalized spacial score (nSPS) is 18.6. The number of likely N-dealkylation sites (tertiary alicyclic amines) is 1. The number of amides is 3. The highest BCUT2D eigenvalue weighted by atomic mass is 32.2. The molecule has 2 heterocycles. The summed E-state index contributed by atoms with van der Waals surface area (Å²) in [5, 5.41) is 0. The molecule has 2 aliphatic heterocycles. The second-order valence-corrected chi connectivity index (χ2v) is 7.16. The molecule has 2 aliphatic rings. The molecule has 3 amide bonds. The maximum absolute atomic E-state index is 12.8. The summed E-state index contributed by atoms with van der Waals surface area (Å²) >= 11 is 1.59. The maximum Gasteiger partial charge on any atom is 0.320 e. The molecule has 1 aromatic rings. The zero-order valence-corrected chi connectivity index (χ0v) is 15.1. The SMILES string of the molecule is CSc1ccccc1C(=O)N1CCN(C(=O)N2CCCCC2)CC1. The molecule has 0 unspecified atom stereocenters. The molecule has 24 heavy (non-hydrogen) atoms. The standard InChI is InChI=1S/C18H25N3O2S/c1-24-16-8-4-3-7-15(16)17(22)19-11-13-21(14-12-19)18(23)20-9-5-2-6-10-20/h3-4,7-8H,2,5-6,9-14H2,1H3. The molecule has 0 saturated carbocycles. The van der Waals surface area contributed by atoms with Crippen molar-refractivity contribution >= 4 is 23.7 Å². The second-order valence-electron chi connectivity index (χ2n) is 6.31. The van der Waals surface area contributed by atoms with Crippen LogP contribution in [0.4, 0.5) is 4.79 Å². The third-order valence-electron chi connectivity index (χ3n) is 4.80. The third-order valence-corrected chi connectivity index (χ3v) is 5.60. The lowest BCUT2D eigenvalue weighted by Gasteiger charge is -2.38. The minimum atomic E-state index is 0.0741. The van der Waals surface area contributed by atoms with Gasteiger partial charge in [-0.3, -0.25) is 4.79 Å². The number of benzene rings is 1. The van der Waals surface area contributed by atoms with Crippen LogP contribution in [0.25, 0.3) is 0 Å². The van der Waals surface area contributed by atoms with E-state index in [1.165, 1.54) is 6.42 Å². The summed E-state index contributed by atoms with van der Waals surface area (Å²) < 4.78 is 0. The summed E-state index contributed by atoms with van der Waals surface area (Å²) in [5.41, 5.74) is 0.765. The highest BCUT2D eigenvalue weighted by Gasteiger charge is 2.28. The molecule has 0 spiro atoms. The van der Waals surface area contributed by atoms with Gasteiger partial charge in [-0.15, -0.1) is 11.8 Å². The largest absolute Gasteiger partial charge is 0.335 e. The molecule has 6 heteroatoms. The van der Waals surface area contributed by atoms with Crippen molar-refractivity contribution < 1.29 is 9.59 Å². The Labute approximate surface area is 148 Å². The van der Waals surface area contributed by atoms with Crippen LogP contribution in [0.3, 0.4) is 0 Å². The predicted molar refractivity (Wildman–Crippen MR) is 96.5 cm³/mol. The van der Waals surface area contributed by atoms with Crippen LogP contribution in [0, 0.1) is 0 Å². The zero-order chi connectivity index (χ0) is 16.9. The smallest absolute Gasteiger partial charge is 0.320 e. The number of thioether (sulfide) groups is 1. The Balaban J connectivity index is 1.58. The van der Waals surface area contributed by atoms with Crippen molar-refractivity contribution in [2.45, 2.75) is 24.2 Å². The minimum absolute atomic E-state index is 0.0741. The van der Waals surface area contributed by atoms with Crippen molar-refractivity contribution in [2.24, 2.45) is 0 Å². The van der Waals surface area contributed by atoms with Gasteiger partial charge in [-0.1, -0.05) is 12.1 Å². The number of piperidine rings is 1. The Morgan fingerprint density at radius 3 is 2.08 bits per heavy atom. The van der Waals surface area contributed by atoms with Crippen molar-refractivity contribution in [1.29, 1.82) is 0 Å². The number of rotatable bonds is 2. The first-order valence-corrected chi connectivity index (χ1v) is 9.89. The van der Waals surface area contributed by atoms with Crippen LogP contribution < -0.4 is 0 Å². The van der Waals surface area contributed by atoms with Crippen LogP contribution in [0.2, 0.25) is 0 Å². The van der Waals surface area contributed by atoms with Crippen molar-refractivity contribution in [3.8, 4) is 0 Å². The summed E-state index contributed by atoms with van der Waals surface area (Å²) in [6, 6.07) is 7.88. The first kappa shape index (κ1) is 17.1. The molecular weight excluding hydrogens is 322 g/mol. The molecule has 0 atom stereocenters. The average Bonchev–Trinajstić information content (AvgIpc) is 2.67. The van der Waals surface area contributed by atoms with E-state index in [-0.39, 0.29) is 11.9 Å². The lowest BCUT2D eigenvalue weighted by molar-refractivity contribution is 0.0630. The second kappa shape index (κ2) is 7.92. The number of urea groups is 1. The van der Waals surface area contributed by atoms with Crippen LogP contribution in [-0.2, 0) is 0 Å². The van der Waals surface area contributed by atoms with Crippen LogP contribution in [0.1, 0.15) is 29.6 Å². The van der Waals surface area contributed by atoms with Gasteiger partial charge in [-0.05, 0) is 37.7 Å². The van der Waals surface area contributed by atoms with Gasteiger partial charge in [0.25, 0.3) is 5.91 Å². The van der Waals surface area contributed by atoms with E-state index in [0.29, 0.717) is 26.2 Å². The molecule has 2 fully saturated rings. The molecule has 1 aromatic carbocycles. The van der Waals surface area contributed by atoms with E-state index in [0.717, 1.165) is 36.4 Å². The van der Waals surface area contributed by atoms with E-state index in [2.05, 4.69) is 0 Å². The molecule has 2 saturated heterocycles. The van der Waals surface area contributed by atoms with Crippen molar-refractivity contribution in [2.75, 3.05) is 45.5 Å². The number of hydrogen-bond donors (Lipinski definition) is 0. The van der Waals surface area contributed by atoms with Crippen LogP contribution >= 0.6 is 11.8 Å². The van der Waals surface area contributed by atoms with Gasteiger partial charge in [0.05, 0.1) is 5.56 Å². The molecule has 0 aromatic heterocycles. The van der Waals surface area contributed by atoms with E-state index < -0.39 is 0 Å². The lowest BCUT2D eigenvalue weighted by atomic mass is 10.1. The van der Waals surface area contributed by atoms with E-state index in [9.17, 15) is 9.59 Å². The Morgan fingerprint density at radius 1 is 0.833 bits per heavy atom. The number of carbonyl (C=O) groups excluding carboxylic acids is 2. The molecule has 0 aliphatic carbocycles. The van der Waals surface area contributed by atoms with Gasteiger partial charge >= 0.3 is 6.03 Å². The van der Waals surface area contributed by atoms with Gasteiger partial charge in [-0.2, -0.15) is 0 Å². The summed E-state index contributed by atoms with van der Waals surface area (Å²) in [4.78, 5) is 32.0. The van der Waals surface area contributed by atoms with Gasteiger partial charge in [0.2, 0.25) is 0 Å². The van der Waals surface area contributed by atoms with Gasteiger partial charge in [0.15, 0.2) is 0 Å². The molecule has 3 rings (SSSR count). The number of hydrogen-bond acceptors (Lipinski definition) is 3. The van der Waals surface area contributed by atoms with E-state index in [1.54, 1.807) is 11.8 Å². The Morgan fingerprint density at radius 2 is 1.42 bits per heavy atom. The Kier molecular flexibility index (Phi) is 5.66. The summed E-state index contributed by atoms with van der Waals surface area (Å²) in [5.74, 6) is 0.0741. The van der Waals surface area contributed by atoms with E-state index in [4.69, 9.17) is 0 Å². The van der Waals surface area contributed by atoms with Crippen LogP contribution in [0.15, 0.2) is 29.2 Å². The Hall–Kier alpha value is -1.69. The fraction of sp³-hybridized carbons (Fsp3) is 0.556. The van der Waals surface area contributed by atoms with Crippen molar-refractivity contribution in [1.82, 2.24) is 14.7 Å². The number of piperazine rings is 1. The van der Waals surface area contributed by atoms with Gasteiger partial charge in [0.1, 0.15) is 0 Å². The summed E-state index contributed by atoms with van der Waals surface area (Å²) in [6.07, 6.45) is 5.42. The third kappa shape index (κ3) is 3.69. The lowest BCUT2D eigenvalue weighted by Crippen LogP contribution is -2.54. The van der Waals surface area contributed by atoms with Crippen molar-refractivity contribution in [3.05, 3.63) is 29.8 Å². The molecule has 0 N–H and O–H groups in total. The highest BCUT2D eigenvalue weighted by molar-refractivity contribution is 7.98. The van der Waals surface area contributed by atoms with Crippen LogP contribution in [0.5, 0.6) is 0 Å². The van der Waals surface area contributed by atoms with E-state index in [1.807, 2.05) is 45.2 Å². The van der Waals surface area contributed by atoms with E-state index >= 15 is 0 Å². The topological polar surface area (TPSA) is 43.9 Å². The minimum Gasteiger partial charge on any atom is -0.335 e. The molecule has 5 nitrogen and oxygen atoms in total. The number of carbonyl (C=O) groups is 2. The summed E-state index contributed by atoms with van der Waals surface area (Å²) in [7, 11) is 0. The number of nitrogens with zero attached hydrogens (tertiary/aromatic N) is 3. The van der Waals surface area contributed by atoms with Gasteiger partial charge in [-0.25, -0.2) is 4.79 Å². The maximum atomic E-state index is 12.8. The van der Waals surface area contributed by atoms with Crippen LogP contribution in [-0.4, -0.2) is 72.2 Å². The van der Waals surface area contributed by atoms with Gasteiger partial charge < -0.3 is 14.7 Å². The fourth-order valence-electron chi connectivity index (χ4n) is 3.38. The zero-order valence-electron chi connectivity index (χ0n) is 14.2. The molecule has 130 valence electrons. The quantitative estimate of drug-likeness (QED) is 0.773. The predicted octanol–water partition coefficient (Wildman–Crippen LogP) is 2.77. The fourth-order valence-corrected chi connectivity index (χ4v) is 3.97. The monoisotopic (exact) mass is 347 g/mol. The first-order chi connectivity index (χ1) is 11.7. The Bertz CT molecular complexity index is 594. The molecular formula is C18H25N3O2S.